The minimum atomic E-state index is -3.76. The molecule has 1 N–H and O–H groups in total. The third-order valence-corrected chi connectivity index (χ3v) is 7.38. The monoisotopic (exact) mass is 454 g/mol. The first-order valence-corrected chi connectivity index (χ1v) is 12.3. The van der Waals surface area contributed by atoms with Gasteiger partial charge in [-0.1, -0.05) is 12.1 Å². The summed E-state index contributed by atoms with van der Waals surface area (Å²) >= 11 is 0. The summed E-state index contributed by atoms with van der Waals surface area (Å²) < 4.78 is 41.7. The highest BCUT2D eigenvalue weighted by Gasteiger charge is 2.33. The molecule has 0 saturated carbocycles. The summed E-state index contributed by atoms with van der Waals surface area (Å²) in [6.45, 7) is 1.91. The molecular weight excluding hydrogens is 431 g/mol. The van der Waals surface area contributed by atoms with Gasteiger partial charge in [0.05, 0.1) is 34.5 Å². The summed E-state index contributed by atoms with van der Waals surface area (Å²) in [5.74, 6) is -1.87. The van der Waals surface area contributed by atoms with Crippen molar-refractivity contribution in [2.24, 2.45) is 0 Å². The van der Waals surface area contributed by atoms with E-state index in [0.717, 1.165) is 35.6 Å². The summed E-state index contributed by atoms with van der Waals surface area (Å²) in [5, 5.41) is 19.1. The van der Waals surface area contributed by atoms with Crippen LogP contribution in [0, 0.1) is 17.1 Å². The Labute approximate surface area is 185 Å². The molecule has 0 radical (unpaired) electrons. The van der Waals surface area contributed by atoms with Crippen molar-refractivity contribution in [1.29, 1.82) is 5.26 Å². The number of rotatable bonds is 5. The van der Waals surface area contributed by atoms with Crippen LogP contribution < -0.4 is 0 Å². The highest BCUT2D eigenvalue weighted by molar-refractivity contribution is 7.91. The van der Waals surface area contributed by atoms with Gasteiger partial charge in [-0.15, -0.1) is 0 Å². The number of carboxylic acid groups (broad SMARTS) is 1. The number of aryl methyl sites for hydroxylation is 1. The maximum Gasteiger partial charge on any atom is 0.304 e. The smallest absolute Gasteiger partial charge is 0.304 e. The second kappa shape index (κ2) is 8.06. The summed E-state index contributed by atoms with van der Waals surface area (Å²) in [5.41, 5.74) is 3.34. The first-order valence-electron chi connectivity index (χ1n) is 10.4. The molecule has 1 aliphatic carbocycles. The van der Waals surface area contributed by atoms with Gasteiger partial charge in [0.2, 0.25) is 0 Å². The van der Waals surface area contributed by atoms with Crippen molar-refractivity contribution in [3.05, 3.63) is 64.6 Å². The molecule has 0 fully saturated rings. The molecule has 3 aromatic rings. The molecule has 1 aromatic heterocycles. The van der Waals surface area contributed by atoms with Gasteiger partial charge < -0.3 is 9.67 Å². The van der Waals surface area contributed by atoms with Crippen LogP contribution in [0.1, 0.15) is 60.5 Å². The zero-order chi connectivity index (χ0) is 23.2. The van der Waals surface area contributed by atoms with Crippen LogP contribution in [0.25, 0.3) is 10.9 Å². The Balaban J connectivity index is 2.09. The van der Waals surface area contributed by atoms with Crippen LogP contribution >= 0.6 is 0 Å². The van der Waals surface area contributed by atoms with E-state index in [0.29, 0.717) is 29.3 Å². The largest absolute Gasteiger partial charge is 0.481 e. The van der Waals surface area contributed by atoms with Gasteiger partial charge in [-0.3, -0.25) is 4.79 Å². The molecule has 2 atom stereocenters. The van der Waals surface area contributed by atoms with E-state index >= 15 is 0 Å². The number of carboxylic acids is 1. The number of benzene rings is 2. The lowest BCUT2D eigenvalue weighted by atomic mass is 9.84. The number of nitrogens with zero attached hydrogens (tertiary/aromatic N) is 2. The predicted molar refractivity (Wildman–Crippen MR) is 118 cm³/mol. The van der Waals surface area contributed by atoms with E-state index < -0.39 is 21.6 Å². The highest BCUT2D eigenvalue weighted by Crippen LogP contribution is 2.44. The van der Waals surface area contributed by atoms with Crippen molar-refractivity contribution in [2.75, 3.05) is 6.26 Å². The molecule has 4 rings (SSSR count). The van der Waals surface area contributed by atoms with E-state index in [2.05, 4.69) is 6.07 Å². The number of fused-ring (bicyclic) bond motifs is 3. The molecule has 166 valence electrons. The fourth-order valence-electron chi connectivity index (χ4n) is 4.90. The Kier molecular flexibility index (Phi) is 5.55. The molecule has 0 aliphatic heterocycles. The van der Waals surface area contributed by atoms with E-state index in [9.17, 15) is 22.7 Å². The highest BCUT2D eigenvalue weighted by atomic mass is 32.2. The van der Waals surface area contributed by atoms with Gasteiger partial charge in [-0.05, 0) is 61.6 Å². The predicted octanol–water partition coefficient (Wildman–Crippen LogP) is 4.56. The third-order valence-electron chi connectivity index (χ3n) is 6.27. The van der Waals surface area contributed by atoms with Gasteiger partial charge in [-0.25, -0.2) is 12.8 Å². The van der Waals surface area contributed by atoms with E-state index in [1.807, 2.05) is 11.5 Å². The summed E-state index contributed by atoms with van der Waals surface area (Å²) in [4.78, 5) is 11.5. The second-order valence-corrected chi connectivity index (χ2v) is 10.4. The number of sulfone groups is 1. The molecule has 1 aliphatic rings. The van der Waals surface area contributed by atoms with Crippen LogP contribution in [0.3, 0.4) is 0 Å². The van der Waals surface area contributed by atoms with Crippen LogP contribution in [-0.4, -0.2) is 30.3 Å². The quantitative estimate of drug-likeness (QED) is 0.609. The number of hydrogen-bond acceptors (Lipinski definition) is 4. The molecule has 6 nitrogen and oxygen atoms in total. The van der Waals surface area contributed by atoms with Gasteiger partial charge in [0, 0.05) is 23.3 Å². The van der Waals surface area contributed by atoms with Crippen LogP contribution in [-0.2, 0) is 21.1 Å². The van der Waals surface area contributed by atoms with Crippen molar-refractivity contribution in [1.82, 2.24) is 4.57 Å². The van der Waals surface area contributed by atoms with Gasteiger partial charge >= 0.3 is 5.97 Å². The first kappa shape index (κ1) is 22.0. The topological polar surface area (TPSA) is 100 Å². The number of hydrogen-bond donors (Lipinski definition) is 1. The second-order valence-electron chi connectivity index (χ2n) is 8.40. The van der Waals surface area contributed by atoms with E-state index in [1.165, 1.54) is 6.07 Å². The Bertz CT molecular complexity index is 1370. The molecule has 2 aromatic carbocycles. The Morgan fingerprint density at radius 2 is 2.00 bits per heavy atom. The molecule has 32 heavy (non-hydrogen) atoms. The minimum absolute atomic E-state index is 0.0832. The van der Waals surface area contributed by atoms with Gasteiger partial charge in [0.25, 0.3) is 0 Å². The molecular formula is C24H23FN2O4S. The van der Waals surface area contributed by atoms with Crippen LogP contribution in [0.2, 0.25) is 0 Å². The van der Waals surface area contributed by atoms with E-state index in [4.69, 9.17) is 5.26 Å². The van der Waals surface area contributed by atoms with Gasteiger partial charge in [0.15, 0.2) is 9.84 Å². The van der Waals surface area contributed by atoms with Crippen molar-refractivity contribution in [2.45, 2.75) is 49.5 Å². The van der Waals surface area contributed by atoms with Crippen LogP contribution in [0.4, 0.5) is 4.39 Å². The molecule has 0 unspecified atom stereocenters. The van der Waals surface area contributed by atoms with Crippen molar-refractivity contribution in [3.8, 4) is 6.07 Å². The normalized spacial score (nSPS) is 17.0. The summed E-state index contributed by atoms with van der Waals surface area (Å²) in [6.07, 6.45) is 3.01. The molecule has 0 bridgehead atoms. The molecule has 0 amide bonds. The Morgan fingerprint density at radius 3 is 2.59 bits per heavy atom. The lowest BCUT2D eigenvalue weighted by Gasteiger charge is -2.28. The molecule has 0 spiro atoms. The maximum atomic E-state index is 14.5. The number of nitriles is 1. The first-order chi connectivity index (χ1) is 15.1. The lowest BCUT2D eigenvalue weighted by molar-refractivity contribution is -0.137. The third kappa shape index (κ3) is 3.78. The van der Waals surface area contributed by atoms with Crippen molar-refractivity contribution < 1.29 is 22.7 Å². The average Bonchev–Trinajstić information content (AvgIpc) is 3.07. The van der Waals surface area contributed by atoms with Gasteiger partial charge in [0.1, 0.15) is 5.82 Å². The van der Waals surface area contributed by atoms with Gasteiger partial charge in [-0.2, -0.15) is 5.26 Å². The molecule has 0 saturated heterocycles. The van der Waals surface area contributed by atoms with E-state index in [1.54, 1.807) is 24.3 Å². The Morgan fingerprint density at radius 1 is 1.31 bits per heavy atom. The van der Waals surface area contributed by atoms with Crippen LogP contribution in [0.15, 0.2) is 41.3 Å². The zero-order valence-electron chi connectivity index (χ0n) is 17.8. The number of halogens is 1. The summed E-state index contributed by atoms with van der Waals surface area (Å²) in [7, 11) is -3.76. The number of aliphatic carboxylic acids is 1. The maximum absolute atomic E-state index is 14.5. The van der Waals surface area contributed by atoms with Crippen LogP contribution in [0.5, 0.6) is 0 Å². The fraction of sp³-hybridized carbons (Fsp3) is 0.333. The average molecular weight is 455 g/mol. The van der Waals surface area contributed by atoms with Crippen molar-refractivity contribution in [3.63, 3.8) is 0 Å². The Hall–Kier alpha value is -3.18. The SMILES string of the molecule is C[C@@H](c1ccc(C#N)cc1)n1c2c(c3cc(F)cc(S(C)(=O)=O)c31)CCC[C@@H]2CC(=O)O. The standard InChI is InChI=1S/C24H23FN2O4S/c1-14(16-8-6-15(13-26)7-9-16)27-23-17(10-22(28)29)4-3-5-19(23)20-11-18(25)12-21(24(20)27)32(2,30)31/h6-9,11-12,14,17H,3-5,10H2,1-2H3,(H,28,29)/t14-,17+/m0/s1. The number of aromatic nitrogens is 1. The van der Waals surface area contributed by atoms with E-state index in [-0.39, 0.29) is 23.3 Å². The van der Waals surface area contributed by atoms with Crippen molar-refractivity contribution >= 4 is 26.7 Å². The molecule has 8 heteroatoms. The fourth-order valence-corrected chi connectivity index (χ4v) is 5.79. The summed E-state index contributed by atoms with van der Waals surface area (Å²) in [6, 6.07) is 11.1. The zero-order valence-corrected chi connectivity index (χ0v) is 18.6. The lowest BCUT2D eigenvalue weighted by Crippen LogP contribution is -2.20. The minimum Gasteiger partial charge on any atom is -0.481 e. The number of carbonyl (C=O) groups is 1. The molecule has 1 heterocycles.